The van der Waals surface area contributed by atoms with Crippen molar-refractivity contribution in [1.29, 1.82) is 0 Å². The summed E-state index contributed by atoms with van der Waals surface area (Å²) in [6.45, 7) is 1.87. The molecule has 23 heavy (non-hydrogen) atoms. The van der Waals surface area contributed by atoms with Crippen molar-refractivity contribution in [2.75, 3.05) is 0 Å². The van der Waals surface area contributed by atoms with E-state index in [0.29, 0.717) is 10.9 Å². The van der Waals surface area contributed by atoms with E-state index in [9.17, 15) is 13.2 Å². The van der Waals surface area contributed by atoms with E-state index in [2.05, 4.69) is 0 Å². The molecule has 0 atom stereocenters. The second-order valence-corrected chi connectivity index (χ2v) is 6.93. The molecule has 1 heterocycles. The van der Waals surface area contributed by atoms with Gasteiger partial charge in [0.1, 0.15) is 5.69 Å². The van der Waals surface area contributed by atoms with E-state index in [4.69, 9.17) is 5.84 Å². The van der Waals surface area contributed by atoms with E-state index >= 15 is 0 Å². The van der Waals surface area contributed by atoms with Crippen molar-refractivity contribution in [3.63, 3.8) is 0 Å². The molecule has 3 rings (SSSR count). The highest BCUT2D eigenvalue weighted by atomic mass is 32.2. The largest absolute Gasteiger partial charge is 0.289 e. The summed E-state index contributed by atoms with van der Waals surface area (Å²) >= 11 is 0. The number of rotatable bonds is 3. The molecule has 7 heteroatoms. The smallest absolute Gasteiger partial charge is 0.282 e. The molecule has 0 bridgehead atoms. The number of carbonyl (C=O) groups excluding carboxylic acids is 1. The van der Waals surface area contributed by atoms with Crippen LogP contribution in [0.2, 0.25) is 0 Å². The lowest BCUT2D eigenvalue weighted by molar-refractivity contribution is 0.0948. The van der Waals surface area contributed by atoms with Crippen LogP contribution in [-0.4, -0.2) is 18.3 Å². The molecule has 0 spiro atoms. The van der Waals surface area contributed by atoms with Gasteiger partial charge in [-0.05, 0) is 31.2 Å². The average Bonchev–Trinajstić information content (AvgIpc) is 2.94. The van der Waals surface area contributed by atoms with Crippen LogP contribution in [0, 0.1) is 6.92 Å². The molecule has 0 unspecified atom stereocenters. The Morgan fingerprint density at radius 1 is 1.09 bits per heavy atom. The molecule has 0 saturated heterocycles. The number of nitrogens with two attached hydrogens (primary N) is 1. The number of hydrogen-bond acceptors (Lipinski definition) is 4. The normalized spacial score (nSPS) is 11.6. The van der Waals surface area contributed by atoms with Crippen molar-refractivity contribution in [3.05, 3.63) is 65.9 Å². The lowest BCUT2D eigenvalue weighted by atomic mass is 10.2. The Balaban J connectivity index is 2.33. The summed E-state index contributed by atoms with van der Waals surface area (Å²) in [6.07, 6.45) is 0. The van der Waals surface area contributed by atoms with Crippen LogP contribution >= 0.6 is 0 Å². The number of benzene rings is 2. The summed E-state index contributed by atoms with van der Waals surface area (Å²) in [5.41, 5.74) is 3.33. The Morgan fingerprint density at radius 2 is 1.74 bits per heavy atom. The molecule has 1 aromatic heterocycles. The van der Waals surface area contributed by atoms with Crippen molar-refractivity contribution in [2.24, 2.45) is 5.84 Å². The Morgan fingerprint density at radius 3 is 2.39 bits per heavy atom. The van der Waals surface area contributed by atoms with Crippen molar-refractivity contribution in [3.8, 4) is 0 Å². The van der Waals surface area contributed by atoms with Gasteiger partial charge >= 0.3 is 0 Å². The molecule has 6 nitrogen and oxygen atoms in total. The van der Waals surface area contributed by atoms with E-state index in [1.165, 1.54) is 18.2 Å². The summed E-state index contributed by atoms with van der Waals surface area (Å²) in [7, 11) is -3.92. The third-order valence-electron chi connectivity index (χ3n) is 3.59. The molecule has 0 fully saturated rings. The molecular weight excluding hydrogens is 314 g/mol. The third kappa shape index (κ3) is 2.49. The number of amides is 1. The van der Waals surface area contributed by atoms with Gasteiger partial charge in [0.05, 0.1) is 10.4 Å². The predicted octanol–water partition coefficient (Wildman–Crippen LogP) is 1.79. The highest BCUT2D eigenvalue weighted by Gasteiger charge is 2.25. The summed E-state index contributed by atoms with van der Waals surface area (Å²) in [4.78, 5) is 12.1. The minimum absolute atomic E-state index is 0.0331. The average molecular weight is 329 g/mol. The maximum absolute atomic E-state index is 13.0. The minimum Gasteiger partial charge on any atom is -0.289 e. The van der Waals surface area contributed by atoms with Gasteiger partial charge in [-0.1, -0.05) is 35.9 Å². The number of para-hydroxylation sites is 1. The fourth-order valence-electron chi connectivity index (χ4n) is 2.44. The standard InChI is InChI=1S/C16H15N3O3S/c1-11-6-8-13(9-7-11)23(21,22)19-14-5-3-2-4-12(14)10-15(19)16(20)18-17/h2-10H,17H2,1H3,(H,18,20). The van der Waals surface area contributed by atoms with E-state index in [1.807, 2.05) is 12.3 Å². The van der Waals surface area contributed by atoms with Crippen LogP contribution in [-0.2, 0) is 10.0 Å². The predicted molar refractivity (Wildman–Crippen MR) is 87.4 cm³/mol. The van der Waals surface area contributed by atoms with Crippen LogP contribution in [0.5, 0.6) is 0 Å². The van der Waals surface area contributed by atoms with Crippen LogP contribution in [0.4, 0.5) is 0 Å². The Bertz CT molecular complexity index is 989. The van der Waals surface area contributed by atoms with Crippen molar-refractivity contribution < 1.29 is 13.2 Å². The van der Waals surface area contributed by atoms with Crippen LogP contribution < -0.4 is 11.3 Å². The number of aryl methyl sites for hydroxylation is 1. The van der Waals surface area contributed by atoms with Gasteiger partial charge in [-0.25, -0.2) is 18.2 Å². The van der Waals surface area contributed by atoms with Gasteiger partial charge < -0.3 is 0 Å². The van der Waals surface area contributed by atoms with Gasteiger partial charge in [0.25, 0.3) is 15.9 Å². The van der Waals surface area contributed by atoms with Crippen molar-refractivity contribution >= 4 is 26.8 Å². The highest BCUT2D eigenvalue weighted by Crippen LogP contribution is 2.25. The fourth-order valence-corrected chi connectivity index (χ4v) is 3.95. The number of nitrogens with one attached hydrogen (secondary N) is 1. The van der Waals surface area contributed by atoms with Crippen LogP contribution in [0.15, 0.2) is 59.5 Å². The third-order valence-corrected chi connectivity index (χ3v) is 5.33. The first-order valence-electron chi connectivity index (χ1n) is 6.89. The fraction of sp³-hybridized carbons (Fsp3) is 0.0625. The Labute approximate surface area is 133 Å². The molecule has 0 saturated carbocycles. The minimum atomic E-state index is -3.92. The van der Waals surface area contributed by atoms with E-state index in [0.717, 1.165) is 9.54 Å². The zero-order valence-corrected chi connectivity index (χ0v) is 13.2. The molecular formula is C16H15N3O3S. The van der Waals surface area contributed by atoms with Gasteiger partial charge in [-0.3, -0.25) is 10.2 Å². The zero-order chi connectivity index (χ0) is 16.6. The summed E-state index contributed by atoms with van der Waals surface area (Å²) in [5.74, 6) is 4.52. The van der Waals surface area contributed by atoms with Crippen LogP contribution in [0.1, 0.15) is 16.1 Å². The molecule has 3 N–H and O–H groups in total. The maximum Gasteiger partial charge on any atom is 0.282 e. The molecule has 0 aliphatic heterocycles. The molecule has 1 amide bonds. The first-order chi connectivity index (χ1) is 10.9. The van der Waals surface area contributed by atoms with E-state index in [-0.39, 0.29) is 10.6 Å². The summed E-state index contributed by atoms with van der Waals surface area (Å²) in [5, 5.41) is 0.641. The van der Waals surface area contributed by atoms with Gasteiger partial charge in [0.2, 0.25) is 0 Å². The van der Waals surface area contributed by atoms with Gasteiger partial charge in [-0.2, -0.15) is 0 Å². The van der Waals surface area contributed by atoms with E-state index in [1.54, 1.807) is 36.4 Å². The summed E-state index contributed by atoms with van der Waals surface area (Å²) < 4.78 is 27.0. The lowest BCUT2D eigenvalue weighted by Gasteiger charge is -2.11. The van der Waals surface area contributed by atoms with Crippen LogP contribution in [0.3, 0.4) is 0 Å². The molecule has 0 radical (unpaired) electrons. The Kier molecular flexibility index (Phi) is 3.67. The molecule has 0 aliphatic rings. The molecule has 118 valence electrons. The first-order valence-corrected chi connectivity index (χ1v) is 8.33. The topological polar surface area (TPSA) is 94.2 Å². The van der Waals surface area contributed by atoms with Gasteiger partial charge in [-0.15, -0.1) is 0 Å². The van der Waals surface area contributed by atoms with Crippen molar-refractivity contribution in [2.45, 2.75) is 11.8 Å². The Hall–Kier alpha value is -2.64. The number of nitrogens with zero attached hydrogens (tertiary/aromatic N) is 1. The zero-order valence-electron chi connectivity index (χ0n) is 12.4. The number of hydrogen-bond donors (Lipinski definition) is 2. The molecule has 3 aromatic rings. The number of aromatic nitrogens is 1. The monoisotopic (exact) mass is 329 g/mol. The lowest BCUT2D eigenvalue weighted by Crippen LogP contribution is -2.33. The second kappa shape index (κ2) is 5.53. The first kappa shape index (κ1) is 15.3. The quantitative estimate of drug-likeness (QED) is 0.435. The van der Waals surface area contributed by atoms with Crippen LogP contribution in [0.25, 0.3) is 10.9 Å². The van der Waals surface area contributed by atoms with E-state index < -0.39 is 15.9 Å². The van der Waals surface area contributed by atoms with Gasteiger partial charge in [0.15, 0.2) is 0 Å². The highest BCUT2D eigenvalue weighted by molar-refractivity contribution is 7.90. The van der Waals surface area contributed by atoms with Gasteiger partial charge in [0, 0.05) is 5.39 Å². The molecule has 0 aliphatic carbocycles. The number of carbonyl (C=O) groups is 1. The second-order valence-electron chi connectivity index (χ2n) is 5.14. The SMILES string of the molecule is Cc1ccc(S(=O)(=O)n2c(C(=O)NN)cc3ccccc32)cc1. The molecule has 2 aromatic carbocycles. The number of hydrazine groups is 1. The number of fused-ring (bicyclic) bond motifs is 1. The maximum atomic E-state index is 13.0. The number of nitrogen functional groups attached to an aromatic ring is 1. The summed E-state index contributed by atoms with van der Waals surface area (Å²) in [6, 6.07) is 14.8. The van der Waals surface area contributed by atoms with Crippen molar-refractivity contribution in [1.82, 2.24) is 9.40 Å².